The number of aryl methyl sites for hydroxylation is 1. The molecule has 1 aliphatic carbocycles. The molecule has 0 N–H and O–H groups in total. The van der Waals surface area contributed by atoms with Gasteiger partial charge in [0.15, 0.2) is 11.3 Å². The van der Waals surface area contributed by atoms with Gasteiger partial charge in [0, 0.05) is 61.2 Å². The smallest absolute Gasteiger partial charge is 0.237 e. The van der Waals surface area contributed by atoms with Crippen LogP contribution in [0, 0.1) is 0 Å². The molecule has 20 aromatic rings. The van der Waals surface area contributed by atoms with Gasteiger partial charge in [-0.25, -0.2) is 24.9 Å². The summed E-state index contributed by atoms with van der Waals surface area (Å²) in [7, 11) is 0. The number of pyridine rings is 2. The lowest BCUT2D eigenvalue weighted by Gasteiger charge is -2.20. The zero-order valence-electron chi connectivity index (χ0n) is 55.5. The highest BCUT2D eigenvalue weighted by Crippen LogP contribution is 2.48. The summed E-state index contributed by atoms with van der Waals surface area (Å²) in [5.41, 5.74) is 24.5. The fraction of sp³-hybridized carbons (Fsp3) is 0.0430. The molecule has 0 amide bonds. The van der Waals surface area contributed by atoms with E-state index in [1.54, 1.807) is 0 Å². The number of hydrogen-bond acceptors (Lipinski definition) is 5. The molecule has 9 nitrogen and oxygen atoms in total. The van der Waals surface area contributed by atoms with E-state index in [0.29, 0.717) is 12.4 Å². The lowest BCUT2D eigenvalue weighted by molar-refractivity contribution is 0.726. The fourth-order valence-corrected chi connectivity index (χ4v) is 16.9. The summed E-state index contributed by atoms with van der Waals surface area (Å²) in [6, 6.07) is 107. The van der Waals surface area contributed by atoms with Gasteiger partial charge in [0.05, 0.1) is 39.0 Å². The molecule has 1 atom stereocenters. The maximum atomic E-state index is 5.86. The van der Waals surface area contributed by atoms with Crippen LogP contribution in [0.25, 0.3) is 165 Å². The molecule has 0 aliphatic heterocycles. The summed E-state index contributed by atoms with van der Waals surface area (Å²) in [5.74, 6) is 1.64. The normalized spacial score (nSPS) is 13.5. The first kappa shape index (κ1) is 57.7. The summed E-state index contributed by atoms with van der Waals surface area (Å²) in [6.45, 7) is 9.23. The van der Waals surface area contributed by atoms with Crippen molar-refractivity contribution in [2.75, 3.05) is 0 Å². The number of hydrogen-bond donors (Lipinski definition) is 0. The number of rotatable bonds is 9. The van der Waals surface area contributed by atoms with Crippen LogP contribution in [-0.2, 0) is 6.42 Å². The number of aromatic nitrogens is 8. The standard InChI is InChI=1S/C93H61N9/c1-3-24-84(99-82-44-22-18-39-74(82)87-91(99)100-80-42-20-16-33-68(80)66-31-10-13-36-71(66)89(100)96-87)94-79-55-62-28-8-7-27-61(62)53-76(79)56(2)57-45-47-58(48-46-57)63-50-52-83-77(54-63)88-92(101-81-43-21-17-34-69(81)67-32-11-14-37-72(67)90(101)97-88)102(83)93-95-78-41-19-15-38-73(78)86(98-93)75-40-23-29-60-49-51-64(59-25-5-4-6-26-59)65-30-9-12-35-70(65)85(60)75/h3-23,25-48,50,52-55,64H,1-2,24,49,51H2/b94-84+. The van der Waals surface area contributed by atoms with Crippen molar-refractivity contribution in [2.45, 2.75) is 25.2 Å². The van der Waals surface area contributed by atoms with Crippen molar-refractivity contribution in [1.82, 2.24) is 37.9 Å². The van der Waals surface area contributed by atoms with Crippen molar-refractivity contribution in [1.29, 1.82) is 0 Å². The first-order valence-corrected chi connectivity index (χ1v) is 35.0. The average Bonchev–Trinajstić information content (AvgIpc) is 1.53. The fourth-order valence-electron chi connectivity index (χ4n) is 16.9. The Bertz CT molecular complexity index is 7020. The minimum atomic E-state index is 0.244. The Morgan fingerprint density at radius 2 is 1.03 bits per heavy atom. The van der Waals surface area contributed by atoms with Gasteiger partial charge in [-0.2, -0.15) is 0 Å². The molecule has 7 aromatic heterocycles. The first-order chi connectivity index (χ1) is 50.5. The predicted molar refractivity (Wildman–Crippen MR) is 423 cm³/mol. The second kappa shape index (κ2) is 22.6. The van der Waals surface area contributed by atoms with Gasteiger partial charge >= 0.3 is 0 Å². The zero-order valence-corrected chi connectivity index (χ0v) is 55.5. The number of aliphatic imine (C=N–C) groups is 1. The number of fused-ring (bicyclic) bond motifs is 25. The summed E-state index contributed by atoms with van der Waals surface area (Å²) in [6.07, 6.45) is 4.36. The molecule has 21 rings (SSSR count). The molecule has 1 aliphatic rings. The van der Waals surface area contributed by atoms with Crippen LogP contribution in [0.5, 0.6) is 0 Å². The van der Waals surface area contributed by atoms with E-state index in [1.807, 2.05) is 6.08 Å². The third kappa shape index (κ3) is 8.61. The summed E-state index contributed by atoms with van der Waals surface area (Å²) < 4.78 is 9.25. The third-order valence-electron chi connectivity index (χ3n) is 21.5. The Morgan fingerprint density at radius 3 is 1.75 bits per heavy atom. The van der Waals surface area contributed by atoms with E-state index in [2.05, 4.69) is 322 Å². The van der Waals surface area contributed by atoms with E-state index in [9.17, 15) is 0 Å². The van der Waals surface area contributed by atoms with E-state index in [4.69, 9.17) is 31.5 Å². The van der Waals surface area contributed by atoms with Gasteiger partial charge < -0.3 is 0 Å². The van der Waals surface area contributed by atoms with Crippen molar-refractivity contribution in [3.63, 3.8) is 0 Å². The second-order valence-electron chi connectivity index (χ2n) is 27.0. The summed E-state index contributed by atoms with van der Waals surface area (Å²) in [5, 5.41) is 12.0. The molecular weight excluding hydrogens is 1240 g/mol. The number of nitrogens with zero attached hydrogens (tertiary/aromatic N) is 9. The van der Waals surface area contributed by atoms with Gasteiger partial charge in [0.1, 0.15) is 28.2 Å². The Kier molecular flexibility index (Phi) is 12.8. The van der Waals surface area contributed by atoms with Crippen molar-refractivity contribution in [3.05, 3.63) is 344 Å². The lowest BCUT2D eigenvalue weighted by atomic mass is 9.85. The second-order valence-corrected chi connectivity index (χ2v) is 27.0. The topological polar surface area (TPSA) is 82.6 Å². The summed E-state index contributed by atoms with van der Waals surface area (Å²) >= 11 is 0. The Morgan fingerprint density at radius 1 is 0.451 bits per heavy atom. The van der Waals surface area contributed by atoms with Crippen LogP contribution in [0.4, 0.5) is 5.69 Å². The molecular formula is C93H61N9. The van der Waals surface area contributed by atoms with E-state index < -0.39 is 0 Å². The summed E-state index contributed by atoms with van der Waals surface area (Å²) in [4.78, 5) is 28.5. The average molecular weight is 1300 g/mol. The maximum Gasteiger partial charge on any atom is 0.237 e. The molecule has 13 aromatic carbocycles. The molecule has 0 radical (unpaired) electrons. The monoisotopic (exact) mass is 1300 g/mol. The predicted octanol–water partition coefficient (Wildman–Crippen LogP) is 23.2. The van der Waals surface area contributed by atoms with Crippen LogP contribution in [0.15, 0.2) is 321 Å². The van der Waals surface area contributed by atoms with E-state index in [1.165, 1.54) is 33.2 Å². The highest BCUT2D eigenvalue weighted by atomic mass is 15.2. The third-order valence-corrected chi connectivity index (χ3v) is 21.5. The van der Waals surface area contributed by atoms with Crippen molar-refractivity contribution in [2.24, 2.45) is 4.99 Å². The molecule has 0 saturated heterocycles. The van der Waals surface area contributed by atoms with Gasteiger partial charge in [0.2, 0.25) is 5.95 Å². The van der Waals surface area contributed by atoms with Crippen LogP contribution in [0.1, 0.15) is 46.6 Å². The van der Waals surface area contributed by atoms with Gasteiger partial charge in [-0.1, -0.05) is 261 Å². The molecule has 7 heterocycles. The highest BCUT2D eigenvalue weighted by Gasteiger charge is 2.30. The Labute approximate surface area is 585 Å². The minimum Gasteiger partial charge on any atom is -0.281 e. The molecule has 0 saturated carbocycles. The maximum absolute atomic E-state index is 5.86. The van der Waals surface area contributed by atoms with E-state index in [-0.39, 0.29) is 5.92 Å². The minimum absolute atomic E-state index is 0.244. The van der Waals surface area contributed by atoms with Crippen LogP contribution in [0.3, 0.4) is 0 Å². The number of para-hydroxylation sites is 4. The number of allylic oxidation sites excluding steroid dienone is 1. The zero-order chi connectivity index (χ0) is 67.3. The quantitative estimate of drug-likeness (QED) is 0.0624. The highest BCUT2D eigenvalue weighted by molar-refractivity contribution is 6.20. The largest absolute Gasteiger partial charge is 0.281 e. The van der Waals surface area contributed by atoms with Gasteiger partial charge in [-0.05, 0) is 133 Å². The lowest BCUT2D eigenvalue weighted by Crippen LogP contribution is -2.12. The first-order valence-electron chi connectivity index (χ1n) is 35.0. The Hall–Kier alpha value is -13.4. The van der Waals surface area contributed by atoms with E-state index >= 15 is 0 Å². The van der Waals surface area contributed by atoms with Crippen molar-refractivity contribution in [3.8, 4) is 39.5 Å². The van der Waals surface area contributed by atoms with Crippen molar-refractivity contribution < 1.29 is 0 Å². The molecule has 9 heteroatoms. The molecule has 0 spiro atoms. The van der Waals surface area contributed by atoms with Crippen LogP contribution in [-0.4, -0.2) is 43.7 Å². The number of benzene rings is 13. The Balaban J connectivity index is 0.724. The molecule has 0 fully saturated rings. The van der Waals surface area contributed by atoms with Crippen molar-refractivity contribution >= 4 is 138 Å². The van der Waals surface area contributed by atoms with E-state index in [0.717, 1.165) is 179 Å². The van der Waals surface area contributed by atoms with Gasteiger partial charge in [0.25, 0.3) is 0 Å². The SMILES string of the molecule is C=CC/C(=N\c1cc2ccccc2cc1C(=C)c1ccc(-c2ccc3c(c2)c2nc4c5ccccc5c5ccccc5n4c2n3-c2nc(-c3cccc4c3-c3ccccc3C(c3ccccc3)CC4)c3ccccc3n2)cc1)n1c2ccccc2c2nc3c4ccccc4c4ccccc4n3c21. The molecule has 0 bridgehead atoms. The van der Waals surface area contributed by atoms with Crippen LogP contribution < -0.4 is 0 Å². The molecule has 478 valence electrons. The van der Waals surface area contributed by atoms with Crippen LogP contribution in [0.2, 0.25) is 0 Å². The molecule has 102 heavy (non-hydrogen) atoms. The number of imidazole rings is 2. The van der Waals surface area contributed by atoms with Crippen LogP contribution >= 0.6 is 0 Å². The van der Waals surface area contributed by atoms with Gasteiger partial charge in [-0.15, -0.1) is 6.58 Å². The molecule has 1 unspecified atom stereocenters. The van der Waals surface area contributed by atoms with Gasteiger partial charge in [-0.3, -0.25) is 17.9 Å².